The van der Waals surface area contributed by atoms with Crippen molar-refractivity contribution in [3.05, 3.63) is 63.2 Å². The summed E-state index contributed by atoms with van der Waals surface area (Å²) in [5.41, 5.74) is -0.720. The maximum atomic E-state index is 13.2. The van der Waals surface area contributed by atoms with Crippen molar-refractivity contribution >= 4 is 28.9 Å². The van der Waals surface area contributed by atoms with Crippen LogP contribution in [-0.4, -0.2) is 17.4 Å². The lowest BCUT2D eigenvalue weighted by Gasteiger charge is -2.09. The Balaban J connectivity index is 2.00. The number of benzene rings is 2. The first-order valence-electron chi connectivity index (χ1n) is 6.18. The van der Waals surface area contributed by atoms with E-state index in [1.807, 2.05) is 0 Å². The molecule has 23 heavy (non-hydrogen) atoms. The number of anilines is 1. The van der Waals surface area contributed by atoms with Crippen LogP contribution in [0.15, 0.2) is 36.4 Å². The van der Waals surface area contributed by atoms with Gasteiger partial charge in [0.25, 0.3) is 5.91 Å². The minimum atomic E-state index is -1.01. The third-order valence-corrected chi connectivity index (χ3v) is 2.97. The zero-order valence-corrected chi connectivity index (χ0v) is 12.1. The van der Waals surface area contributed by atoms with Crippen molar-refractivity contribution in [2.24, 2.45) is 0 Å². The summed E-state index contributed by atoms with van der Waals surface area (Å²) in [6, 6.07) is 6.32. The van der Waals surface area contributed by atoms with Crippen LogP contribution in [0, 0.1) is 21.7 Å². The fourth-order valence-corrected chi connectivity index (χ4v) is 1.88. The zero-order chi connectivity index (χ0) is 17.0. The third-order valence-electron chi connectivity index (χ3n) is 2.68. The first kappa shape index (κ1) is 16.6. The fraction of sp³-hybridized carbons (Fsp3) is 0.0714. The molecule has 0 aliphatic rings. The highest BCUT2D eigenvalue weighted by Gasteiger charge is 2.15. The molecule has 0 unspecified atom stereocenters. The number of carbonyl (C=O) groups is 1. The van der Waals surface area contributed by atoms with Crippen molar-refractivity contribution in [2.45, 2.75) is 0 Å². The van der Waals surface area contributed by atoms with E-state index in [0.29, 0.717) is 0 Å². The molecule has 0 saturated heterocycles. The van der Waals surface area contributed by atoms with E-state index in [0.717, 1.165) is 24.3 Å². The van der Waals surface area contributed by atoms with Crippen molar-refractivity contribution < 1.29 is 23.2 Å². The minimum absolute atomic E-state index is 0.00443. The molecule has 0 bridgehead atoms. The Morgan fingerprint density at radius 3 is 2.65 bits per heavy atom. The van der Waals surface area contributed by atoms with E-state index >= 15 is 0 Å². The van der Waals surface area contributed by atoms with E-state index in [-0.39, 0.29) is 16.5 Å². The first-order chi connectivity index (χ1) is 10.9. The maximum Gasteiger partial charge on any atom is 0.306 e. The Hall–Kier alpha value is -2.74. The van der Waals surface area contributed by atoms with Gasteiger partial charge >= 0.3 is 5.69 Å². The predicted octanol–water partition coefficient (Wildman–Crippen LogP) is 3.54. The van der Waals surface area contributed by atoms with Crippen LogP contribution in [0.3, 0.4) is 0 Å². The molecule has 9 heteroatoms. The lowest BCUT2D eigenvalue weighted by atomic mass is 10.2. The summed E-state index contributed by atoms with van der Waals surface area (Å²) >= 11 is 5.73. The number of rotatable bonds is 5. The zero-order valence-electron chi connectivity index (χ0n) is 11.4. The van der Waals surface area contributed by atoms with E-state index in [1.54, 1.807) is 0 Å². The second kappa shape index (κ2) is 7.01. The van der Waals surface area contributed by atoms with Gasteiger partial charge in [0.2, 0.25) is 5.82 Å². The van der Waals surface area contributed by atoms with E-state index in [2.05, 4.69) is 5.32 Å². The Labute approximate surface area is 133 Å². The molecule has 0 aliphatic carbocycles. The molecule has 6 nitrogen and oxygen atoms in total. The number of hydrogen-bond donors (Lipinski definition) is 1. The van der Waals surface area contributed by atoms with Crippen LogP contribution in [0.4, 0.5) is 20.2 Å². The van der Waals surface area contributed by atoms with Crippen molar-refractivity contribution in [1.82, 2.24) is 0 Å². The van der Waals surface area contributed by atoms with Crippen molar-refractivity contribution in [2.75, 3.05) is 11.9 Å². The molecule has 120 valence electrons. The van der Waals surface area contributed by atoms with Gasteiger partial charge in [-0.05, 0) is 30.3 Å². The number of halogens is 3. The molecule has 0 heterocycles. The standard InChI is InChI=1S/C14H9ClF2N2O4/c15-10-5-8(16)1-4-13(10)23-7-14(20)18-9-2-3-11(17)12(6-9)19(21)22/h1-6H,7H2,(H,18,20). The largest absolute Gasteiger partial charge is 0.482 e. The van der Waals surface area contributed by atoms with Gasteiger partial charge in [0.1, 0.15) is 11.6 Å². The molecule has 2 aromatic carbocycles. The molecule has 0 aromatic heterocycles. The predicted molar refractivity (Wildman–Crippen MR) is 78.6 cm³/mol. The lowest BCUT2D eigenvalue weighted by Crippen LogP contribution is -2.20. The molecular weight excluding hydrogens is 334 g/mol. The highest BCUT2D eigenvalue weighted by molar-refractivity contribution is 6.32. The van der Waals surface area contributed by atoms with Crippen LogP contribution in [0.1, 0.15) is 0 Å². The van der Waals surface area contributed by atoms with Crippen LogP contribution >= 0.6 is 11.6 Å². The Kier molecular flexibility index (Phi) is 5.07. The quantitative estimate of drug-likeness (QED) is 0.665. The monoisotopic (exact) mass is 342 g/mol. The number of carbonyl (C=O) groups excluding carboxylic acids is 1. The van der Waals surface area contributed by atoms with Gasteiger partial charge in [-0.15, -0.1) is 0 Å². The molecular formula is C14H9ClF2N2O4. The van der Waals surface area contributed by atoms with Crippen LogP contribution in [0.5, 0.6) is 5.75 Å². The summed E-state index contributed by atoms with van der Waals surface area (Å²) in [4.78, 5) is 21.4. The van der Waals surface area contributed by atoms with E-state index in [9.17, 15) is 23.7 Å². The summed E-state index contributed by atoms with van der Waals surface area (Å²) in [6.45, 7) is -0.462. The number of nitrogens with zero attached hydrogens (tertiary/aromatic N) is 1. The number of nitro groups is 1. The molecule has 1 N–H and O–H groups in total. The smallest absolute Gasteiger partial charge is 0.306 e. The van der Waals surface area contributed by atoms with Crippen molar-refractivity contribution in [3.63, 3.8) is 0 Å². The molecule has 2 aromatic rings. The number of nitro benzene ring substituents is 1. The summed E-state index contributed by atoms with van der Waals surface area (Å²) in [7, 11) is 0. The summed E-state index contributed by atoms with van der Waals surface area (Å²) in [5, 5.41) is 12.9. The number of amides is 1. The first-order valence-corrected chi connectivity index (χ1v) is 6.56. The molecule has 2 rings (SSSR count). The van der Waals surface area contributed by atoms with Gasteiger partial charge in [-0.3, -0.25) is 14.9 Å². The SMILES string of the molecule is O=C(COc1ccc(F)cc1Cl)Nc1ccc(F)c([N+](=O)[O-])c1. The van der Waals surface area contributed by atoms with Crippen LogP contribution in [0.2, 0.25) is 5.02 Å². The number of nitrogens with one attached hydrogen (secondary N) is 1. The van der Waals surface area contributed by atoms with Gasteiger partial charge in [0.15, 0.2) is 6.61 Å². The number of hydrogen-bond acceptors (Lipinski definition) is 4. The topological polar surface area (TPSA) is 81.5 Å². The van der Waals surface area contributed by atoms with Crippen LogP contribution in [0.25, 0.3) is 0 Å². The van der Waals surface area contributed by atoms with Gasteiger partial charge < -0.3 is 10.1 Å². The molecule has 0 fully saturated rings. The van der Waals surface area contributed by atoms with Gasteiger partial charge in [0, 0.05) is 11.8 Å². The highest BCUT2D eigenvalue weighted by Crippen LogP contribution is 2.25. The normalized spacial score (nSPS) is 10.2. The molecule has 0 saturated carbocycles. The minimum Gasteiger partial charge on any atom is -0.482 e. The second-order valence-electron chi connectivity index (χ2n) is 4.33. The molecule has 0 spiro atoms. The third kappa shape index (κ3) is 4.36. The van der Waals surface area contributed by atoms with Crippen LogP contribution in [-0.2, 0) is 4.79 Å². The average molecular weight is 343 g/mol. The Morgan fingerprint density at radius 2 is 2.00 bits per heavy atom. The average Bonchev–Trinajstić information content (AvgIpc) is 2.48. The second-order valence-corrected chi connectivity index (χ2v) is 4.74. The van der Waals surface area contributed by atoms with E-state index < -0.39 is 34.8 Å². The van der Waals surface area contributed by atoms with E-state index in [1.165, 1.54) is 12.1 Å². The fourth-order valence-electron chi connectivity index (χ4n) is 1.66. The molecule has 0 radical (unpaired) electrons. The molecule has 0 atom stereocenters. The maximum absolute atomic E-state index is 13.2. The summed E-state index contributed by atoms with van der Waals surface area (Å²) in [5.74, 6) is -2.10. The van der Waals surface area contributed by atoms with Gasteiger partial charge in [-0.2, -0.15) is 4.39 Å². The summed E-state index contributed by atoms with van der Waals surface area (Å²) < 4.78 is 31.2. The van der Waals surface area contributed by atoms with Crippen molar-refractivity contribution in [1.29, 1.82) is 0 Å². The molecule has 1 amide bonds. The Bertz CT molecular complexity index is 770. The summed E-state index contributed by atoms with van der Waals surface area (Å²) in [6.07, 6.45) is 0. The van der Waals surface area contributed by atoms with E-state index in [4.69, 9.17) is 16.3 Å². The van der Waals surface area contributed by atoms with Gasteiger partial charge in [-0.1, -0.05) is 11.6 Å². The highest BCUT2D eigenvalue weighted by atomic mass is 35.5. The van der Waals surface area contributed by atoms with Crippen LogP contribution < -0.4 is 10.1 Å². The lowest BCUT2D eigenvalue weighted by molar-refractivity contribution is -0.387. The Morgan fingerprint density at radius 1 is 1.26 bits per heavy atom. The van der Waals surface area contributed by atoms with Crippen molar-refractivity contribution in [3.8, 4) is 5.75 Å². The number of ether oxygens (including phenoxy) is 1. The van der Waals surface area contributed by atoms with Gasteiger partial charge in [0.05, 0.1) is 9.95 Å². The van der Waals surface area contributed by atoms with Gasteiger partial charge in [-0.25, -0.2) is 4.39 Å². The molecule has 0 aliphatic heterocycles.